The minimum Gasteiger partial charge on any atom is -0.475 e. The van der Waals surface area contributed by atoms with E-state index in [0.717, 1.165) is 24.9 Å². The smallest absolute Gasteiger partial charge is 0.475 e. The number of carbonyl (C=O) groups excluding carboxylic acids is 1. The third-order valence-corrected chi connectivity index (χ3v) is 5.38. The molecule has 0 aliphatic carbocycles. The fourth-order valence-electron chi connectivity index (χ4n) is 3.71. The normalized spacial score (nSPS) is 16.6. The van der Waals surface area contributed by atoms with Crippen LogP contribution < -0.4 is 5.56 Å². The SMILES string of the molecule is CN1CCN(C(=O)c2cc3ccncc3c(=O)[nH]2)C(Cc2ccccc2)C1.O=C(O)C(F)(F)F. The first-order chi connectivity index (χ1) is 16.1. The number of pyridine rings is 2. The van der Waals surface area contributed by atoms with Gasteiger partial charge in [0.25, 0.3) is 11.5 Å². The highest BCUT2D eigenvalue weighted by Gasteiger charge is 2.38. The highest BCUT2D eigenvalue weighted by molar-refractivity contribution is 5.96. The lowest BCUT2D eigenvalue weighted by Gasteiger charge is -2.40. The third-order valence-electron chi connectivity index (χ3n) is 5.38. The molecule has 1 atom stereocenters. The van der Waals surface area contributed by atoms with Crippen molar-refractivity contribution in [2.45, 2.75) is 18.6 Å². The largest absolute Gasteiger partial charge is 0.490 e. The van der Waals surface area contributed by atoms with E-state index in [9.17, 15) is 22.8 Å². The molecule has 0 saturated carbocycles. The average Bonchev–Trinajstić information content (AvgIpc) is 2.79. The molecular formula is C23H23F3N4O4. The van der Waals surface area contributed by atoms with Gasteiger partial charge in [0.15, 0.2) is 0 Å². The quantitative estimate of drug-likeness (QED) is 0.602. The van der Waals surface area contributed by atoms with E-state index in [1.54, 1.807) is 18.3 Å². The minimum absolute atomic E-state index is 0.0651. The number of halogens is 3. The maximum atomic E-state index is 13.2. The van der Waals surface area contributed by atoms with Crippen LogP contribution in [0.3, 0.4) is 0 Å². The first-order valence-electron chi connectivity index (χ1n) is 10.4. The van der Waals surface area contributed by atoms with Gasteiger partial charge in [-0.2, -0.15) is 13.2 Å². The van der Waals surface area contributed by atoms with Gasteiger partial charge >= 0.3 is 12.1 Å². The average molecular weight is 476 g/mol. The van der Waals surface area contributed by atoms with Crippen LogP contribution in [-0.2, 0) is 11.2 Å². The number of likely N-dealkylation sites (N-methyl/N-ethyl adjacent to an activating group) is 1. The fourth-order valence-corrected chi connectivity index (χ4v) is 3.71. The highest BCUT2D eigenvalue weighted by Crippen LogP contribution is 2.18. The van der Waals surface area contributed by atoms with Crippen LogP contribution in [0.1, 0.15) is 16.1 Å². The Morgan fingerprint density at radius 3 is 2.50 bits per heavy atom. The van der Waals surface area contributed by atoms with Gasteiger partial charge in [0.1, 0.15) is 5.69 Å². The van der Waals surface area contributed by atoms with E-state index in [0.29, 0.717) is 17.6 Å². The monoisotopic (exact) mass is 476 g/mol. The molecule has 0 radical (unpaired) electrons. The number of carbonyl (C=O) groups is 2. The Kier molecular flexibility index (Phi) is 7.67. The van der Waals surface area contributed by atoms with Gasteiger partial charge in [-0.05, 0) is 36.6 Å². The van der Waals surface area contributed by atoms with E-state index in [1.165, 1.54) is 11.8 Å². The summed E-state index contributed by atoms with van der Waals surface area (Å²) in [7, 11) is 2.07. The molecule has 3 aromatic rings. The number of piperazine rings is 1. The van der Waals surface area contributed by atoms with E-state index in [2.05, 4.69) is 34.0 Å². The molecule has 1 aliphatic rings. The number of aliphatic carboxylic acids is 1. The molecule has 0 spiro atoms. The van der Waals surface area contributed by atoms with Crippen molar-refractivity contribution in [3.8, 4) is 0 Å². The number of aromatic nitrogens is 2. The molecule has 1 amide bonds. The Hall–Kier alpha value is -3.73. The molecule has 3 heterocycles. The zero-order chi connectivity index (χ0) is 24.9. The lowest BCUT2D eigenvalue weighted by atomic mass is 10.0. The maximum Gasteiger partial charge on any atom is 0.490 e. The Morgan fingerprint density at radius 1 is 1.18 bits per heavy atom. The predicted octanol–water partition coefficient (Wildman–Crippen LogP) is 2.56. The molecule has 1 unspecified atom stereocenters. The first-order valence-corrected chi connectivity index (χ1v) is 10.4. The van der Waals surface area contributed by atoms with Crippen LogP contribution in [0, 0.1) is 0 Å². The van der Waals surface area contributed by atoms with Gasteiger partial charge in [0, 0.05) is 38.1 Å². The Bertz CT molecular complexity index is 1210. The van der Waals surface area contributed by atoms with E-state index < -0.39 is 12.1 Å². The number of carboxylic acids is 1. The number of H-pyrrole nitrogens is 1. The van der Waals surface area contributed by atoms with Gasteiger partial charge in [0.2, 0.25) is 0 Å². The standard InChI is InChI=1S/C21H22N4O2.C2HF3O2/c1-24-9-10-25(17(14-24)11-15-5-3-2-4-6-15)21(27)19-12-16-7-8-22-13-18(16)20(26)23-19;3-2(4,5)1(6)7/h2-8,12-13,17H,9-11,14H2,1H3,(H,23,26);(H,6,7). The molecule has 11 heteroatoms. The fraction of sp³-hybridized carbons (Fsp3) is 0.304. The van der Waals surface area contributed by atoms with Crippen LogP contribution in [0.15, 0.2) is 59.7 Å². The van der Waals surface area contributed by atoms with E-state index in [4.69, 9.17) is 9.90 Å². The first kappa shape index (κ1) is 24.9. The number of hydrogen-bond acceptors (Lipinski definition) is 5. The molecular weight excluding hydrogens is 453 g/mol. The number of carboxylic acid groups (broad SMARTS) is 1. The Labute approximate surface area is 192 Å². The summed E-state index contributed by atoms with van der Waals surface area (Å²) >= 11 is 0. The van der Waals surface area contributed by atoms with Crippen molar-refractivity contribution < 1.29 is 27.9 Å². The van der Waals surface area contributed by atoms with Gasteiger partial charge in [-0.15, -0.1) is 0 Å². The number of fused-ring (bicyclic) bond motifs is 1. The zero-order valence-corrected chi connectivity index (χ0v) is 18.2. The van der Waals surface area contributed by atoms with Crippen LogP contribution in [-0.4, -0.2) is 75.7 Å². The number of alkyl halides is 3. The molecule has 180 valence electrons. The van der Waals surface area contributed by atoms with Crippen molar-refractivity contribution in [3.05, 3.63) is 76.5 Å². The van der Waals surface area contributed by atoms with Gasteiger partial charge in [-0.1, -0.05) is 30.3 Å². The number of benzene rings is 1. The summed E-state index contributed by atoms with van der Waals surface area (Å²) in [5.41, 5.74) is 1.26. The number of nitrogens with one attached hydrogen (secondary N) is 1. The van der Waals surface area contributed by atoms with Crippen molar-refractivity contribution in [2.24, 2.45) is 0 Å². The number of rotatable bonds is 3. The Balaban J connectivity index is 0.000000406. The van der Waals surface area contributed by atoms with Crippen LogP contribution >= 0.6 is 0 Å². The molecule has 0 bridgehead atoms. The van der Waals surface area contributed by atoms with Crippen LogP contribution in [0.2, 0.25) is 0 Å². The highest BCUT2D eigenvalue weighted by atomic mass is 19.4. The van der Waals surface area contributed by atoms with Gasteiger partial charge < -0.3 is 19.9 Å². The van der Waals surface area contributed by atoms with Crippen LogP contribution in [0.25, 0.3) is 10.8 Å². The van der Waals surface area contributed by atoms with Crippen molar-refractivity contribution in [1.29, 1.82) is 0 Å². The second kappa shape index (κ2) is 10.5. The number of hydrogen-bond donors (Lipinski definition) is 2. The van der Waals surface area contributed by atoms with E-state index in [1.807, 2.05) is 23.1 Å². The molecule has 1 saturated heterocycles. The molecule has 34 heavy (non-hydrogen) atoms. The summed E-state index contributed by atoms with van der Waals surface area (Å²) in [5, 5.41) is 8.35. The summed E-state index contributed by atoms with van der Waals surface area (Å²) in [4.78, 5) is 45.3. The summed E-state index contributed by atoms with van der Waals surface area (Å²) in [5.74, 6) is -2.88. The molecule has 1 fully saturated rings. The predicted molar refractivity (Wildman–Crippen MR) is 119 cm³/mol. The summed E-state index contributed by atoms with van der Waals surface area (Å²) < 4.78 is 31.7. The zero-order valence-electron chi connectivity index (χ0n) is 18.2. The van der Waals surface area contributed by atoms with Crippen molar-refractivity contribution in [3.63, 3.8) is 0 Å². The summed E-state index contributed by atoms with van der Waals surface area (Å²) in [6, 6.07) is 13.8. The molecule has 8 nitrogen and oxygen atoms in total. The van der Waals surface area contributed by atoms with Crippen LogP contribution in [0.4, 0.5) is 13.2 Å². The Morgan fingerprint density at radius 2 is 1.85 bits per heavy atom. The van der Waals surface area contributed by atoms with Crippen LogP contribution in [0.5, 0.6) is 0 Å². The number of amides is 1. The molecule has 2 N–H and O–H groups in total. The lowest BCUT2D eigenvalue weighted by molar-refractivity contribution is -0.192. The van der Waals surface area contributed by atoms with Gasteiger partial charge in [-0.25, -0.2) is 4.79 Å². The maximum absolute atomic E-state index is 13.2. The third kappa shape index (κ3) is 6.19. The number of nitrogens with zero attached hydrogens (tertiary/aromatic N) is 3. The summed E-state index contributed by atoms with van der Waals surface area (Å²) in [6.07, 6.45) is -1.14. The lowest BCUT2D eigenvalue weighted by Crippen LogP contribution is -2.55. The van der Waals surface area contributed by atoms with E-state index in [-0.39, 0.29) is 17.5 Å². The van der Waals surface area contributed by atoms with Crippen molar-refractivity contribution >= 4 is 22.6 Å². The minimum atomic E-state index is -5.08. The van der Waals surface area contributed by atoms with Gasteiger partial charge in [0.05, 0.1) is 5.39 Å². The second-order valence-corrected chi connectivity index (χ2v) is 7.88. The van der Waals surface area contributed by atoms with Gasteiger partial charge in [-0.3, -0.25) is 14.6 Å². The van der Waals surface area contributed by atoms with E-state index >= 15 is 0 Å². The molecule has 4 rings (SSSR count). The second-order valence-electron chi connectivity index (χ2n) is 7.88. The van der Waals surface area contributed by atoms with Crippen molar-refractivity contribution in [1.82, 2.24) is 19.8 Å². The summed E-state index contributed by atoms with van der Waals surface area (Å²) in [6.45, 7) is 2.27. The molecule has 1 aromatic carbocycles. The number of aromatic amines is 1. The molecule has 1 aliphatic heterocycles. The topological polar surface area (TPSA) is 107 Å². The van der Waals surface area contributed by atoms with Crippen molar-refractivity contribution in [2.75, 3.05) is 26.7 Å². The molecule has 2 aromatic heterocycles.